The third-order valence-electron chi connectivity index (χ3n) is 1.45. The normalized spacial score (nSPS) is 14.3. The standard InChI is InChI=1S/C8H12O2/c1-2-10-8(9)6-5-7-3-4-7/h3H,2,4-6H2,1H3. The van der Waals surface area contributed by atoms with Crippen LogP contribution in [0.25, 0.3) is 0 Å². The second-order valence-corrected chi connectivity index (χ2v) is 2.37. The molecule has 1 rings (SSSR count). The average Bonchev–Trinajstić information content (AvgIpc) is 2.67. The zero-order valence-electron chi connectivity index (χ0n) is 6.22. The van der Waals surface area contributed by atoms with Crippen LogP contribution in [-0.4, -0.2) is 12.6 Å². The summed E-state index contributed by atoms with van der Waals surface area (Å²) in [6, 6.07) is 0. The van der Waals surface area contributed by atoms with Gasteiger partial charge in [0.25, 0.3) is 0 Å². The molecule has 0 atom stereocenters. The summed E-state index contributed by atoms with van der Waals surface area (Å²) >= 11 is 0. The highest BCUT2D eigenvalue weighted by molar-refractivity contribution is 5.69. The summed E-state index contributed by atoms with van der Waals surface area (Å²) in [5.41, 5.74) is 1.40. The highest BCUT2D eigenvalue weighted by Gasteiger charge is 2.09. The molecule has 0 unspecified atom stereocenters. The summed E-state index contributed by atoms with van der Waals surface area (Å²) in [5.74, 6) is -0.0738. The molecule has 10 heavy (non-hydrogen) atoms. The molecule has 1 aliphatic carbocycles. The van der Waals surface area contributed by atoms with Crippen LogP contribution in [0.1, 0.15) is 26.2 Å². The molecule has 0 saturated heterocycles. The van der Waals surface area contributed by atoms with Crippen LogP contribution in [0.4, 0.5) is 0 Å². The SMILES string of the molecule is CCOC(=O)CCC1=CC1. The van der Waals surface area contributed by atoms with Crippen molar-refractivity contribution in [2.24, 2.45) is 0 Å². The molecule has 0 aromatic heterocycles. The van der Waals surface area contributed by atoms with E-state index in [0.29, 0.717) is 13.0 Å². The van der Waals surface area contributed by atoms with E-state index in [4.69, 9.17) is 4.74 Å². The highest BCUT2D eigenvalue weighted by Crippen LogP contribution is 2.23. The molecule has 0 radical (unpaired) electrons. The topological polar surface area (TPSA) is 26.3 Å². The second kappa shape index (κ2) is 3.40. The Morgan fingerprint density at radius 2 is 2.50 bits per heavy atom. The van der Waals surface area contributed by atoms with Crippen molar-refractivity contribution < 1.29 is 9.53 Å². The van der Waals surface area contributed by atoms with Gasteiger partial charge in [0, 0.05) is 6.42 Å². The van der Waals surface area contributed by atoms with Gasteiger partial charge in [-0.1, -0.05) is 11.6 Å². The van der Waals surface area contributed by atoms with Crippen LogP contribution >= 0.6 is 0 Å². The van der Waals surface area contributed by atoms with E-state index in [2.05, 4.69) is 6.08 Å². The molecular weight excluding hydrogens is 128 g/mol. The van der Waals surface area contributed by atoms with E-state index in [0.717, 1.165) is 12.8 Å². The Labute approximate surface area is 60.9 Å². The number of hydrogen-bond donors (Lipinski definition) is 0. The summed E-state index contributed by atoms with van der Waals surface area (Å²) in [4.78, 5) is 10.7. The van der Waals surface area contributed by atoms with Gasteiger partial charge >= 0.3 is 5.97 Å². The van der Waals surface area contributed by atoms with Crippen LogP contribution in [0.15, 0.2) is 11.6 Å². The number of ether oxygens (including phenoxy) is 1. The average molecular weight is 140 g/mol. The Kier molecular flexibility index (Phi) is 2.49. The first-order valence-corrected chi connectivity index (χ1v) is 3.66. The molecule has 0 amide bonds. The van der Waals surface area contributed by atoms with Crippen LogP contribution in [0.2, 0.25) is 0 Å². The molecule has 0 aromatic rings. The number of allylic oxidation sites excluding steroid dienone is 2. The Morgan fingerprint density at radius 1 is 1.80 bits per heavy atom. The number of carbonyl (C=O) groups is 1. The predicted octanol–water partition coefficient (Wildman–Crippen LogP) is 1.66. The maximum atomic E-state index is 10.7. The highest BCUT2D eigenvalue weighted by atomic mass is 16.5. The van der Waals surface area contributed by atoms with Crippen molar-refractivity contribution >= 4 is 5.97 Å². The number of carbonyl (C=O) groups excluding carboxylic acids is 1. The maximum Gasteiger partial charge on any atom is 0.306 e. The lowest BCUT2D eigenvalue weighted by Gasteiger charge is -1.97. The molecule has 0 fully saturated rings. The van der Waals surface area contributed by atoms with Gasteiger partial charge in [0.15, 0.2) is 0 Å². The van der Waals surface area contributed by atoms with Gasteiger partial charge < -0.3 is 4.74 Å². The lowest BCUT2D eigenvalue weighted by atomic mass is 10.2. The first-order valence-electron chi connectivity index (χ1n) is 3.66. The molecule has 0 saturated carbocycles. The Morgan fingerprint density at radius 3 is 3.00 bits per heavy atom. The summed E-state index contributed by atoms with van der Waals surface area (Å²) in [5, 5.41) is 0. The van der Waals surface area contributed by atoms with E-state index in [9.17, 15) is 4.79 Å². The third kappa shape index (κ3) is 2.67. The van der Waals surface area contributed by atoms with Crippen LogP contribution < -0.4 is 0 Å². The second-order valence-electron chi connectivity index (χ2n) is 2.37. The van der Waals surface area contributed by atoms with Crippen molar-refractivity contribution in [2.45, 2.75) is 26.2 Å². The van der Waals surface area contributed by atoms with E-state index in [-0.39, 0.29) is 5.97 Å². The van der Waals surface area contributed by atoms with Crippen LogP contribution in [0.3, 0.4) is 0 Å². The fourth-order valence-corrected chi connectivity index (χ4v) is 0.772. The minimum Gasteiger partial charge on any atom is -0.466 e. The van der Waals surface area contributed by atoms with Crippen molar-refractivity contribution in [2.75, 3.05) is 6.61 Å². The molecule has 0 N–H and O–H groups in total. The van der Waals surface area contributed by atoms with Crippen LogP contribution in [0.5, 0.6) is 0 Å². The van der Waals surface area contributed by atoms with Gasteiger partial charge in [0.05, 0.1) is 6.61 Å². The van der Waals surface area contributed by atoms with Gasteiger partial charge in [-0.05, 0) is 19.8 Å². The lowest BCUT2D eigenvalue weighted by molar-refractivity contribution is -0.143. The van der Waals surface area contributed by atoms with E-state index < -0.39 is 0 Å². The molecule has 0 aliphatic heterocycles. The fourth-order valence-electron chi connectivity index (χ4n) is 0.772. The Hall–Kier alpha value is -0.790. The number of hydrogen-bond acceptors (Lipinski definition) is 2. The van der Waals surface area contributed by atoms with Gasteiger partial charge in [0.2, 0.25) is 0 Å². The third-order valence-corrected chi connectivity index (χ3v) is 1.45. The largest absolute Gasteiger partial charge is 0.466 e. The smallest absolute Gasteiger partial charge is 0.306 e. The Balaban J connectivity index is 2.00. The van der Waals surface area contributed by atoms with Crippen molar-refractivity contribution in [1.29, 1.82) is 0 Å². The molecule has 0 aromatic carbocycles. The van der Waals surface area contributed by atoms with E-state index in [1.54, 1.807) is 0 Å². The first kappa shape index (κ1) is 7.32. The Bertz CT molecular complexity index is 159. The van der Waals surface area contributed by atoms with Crippen LogP contribution in [-0.2, 0) is 9.53 Å². The number of esters is 1. The zero-order chi connectivity index (χ0) is 7.40. The monoisotopic (exact) mass is 140 g/mol. The summed E-state index contributed by atoms with van der Waals surface area (Å²) in [6.45, 7) is 2.33. The van der Waals surface area contributed by atoms with E-state index in [1.165, 1.54) is 5.57 Å². The fraction of sp³-hybridized carbons (Fsp3) is 0.625. The van der Waals surface area contributed by atoms with Gasteiger partial charge in [-0.15, -0.1) is 0 Å². The molecular formula is C8H12O2. The molecule has 56 valence electrons. The van der Waals surface area contributed by atoms with E-state index >= 15 is 0 Å². The summed E-state index contributed by atoms with van der Waals surface area (Å²) in [6.07, 6.45) is 4.71. The maximum absolute atomic E-state index is 10.7. The molecule has 0 spiro atoms. The van der Waals surface area contributed by atoms with Crippen molar-refractivity contribution in [3.8, 4) is 0 Å². The van der Waals surface area contributed by atoms with Crippen molar-refractivity contribution in [3.63, 3.8) is 0 Å². The van der Waals surface area contributed by atoms with Gasteiger partial charge in [-0.3, -0.25) is 4.79 Å². The molecule has 1 aliphatic rings. The molecule has 0 bridgehead atoms. The predicted molar refractivity (Wildman–Crippen MR) is 38.6 cm³/mol. The number of rotatable bonds is 4. The van der Waals surface area contributed by atoms with Gasteiger partial charge in [-0.2, -0.15) is 0 Å². The van der Waals surface area contributed by atoms with Crippen LogP contribution in [0, 0.1) is 0 Å². The quantitative estimate of drug-likeness (QED) is 0.438. The zero-order valence-corrected chi connectivity index (χ0v) is 6.22. The van der Waals surface area contributed by atoms with Crippen molar-refractivity contribution in [1.82, 2.24) is 0 Å². The van der Waals surface area contributed by atoms with Crippen molar-refractivity contribution in [3.05, 3.63) is 11.6 Å². The van der Waals surface area contributed by atoms with Gasteiger partial charge in [-0.25, -0.2) is 0 Å². The molecule has 2 heteroatoms. The van der Waals surface area contributed by atoms with E-state index in [1.807, 2.05) is 6.92 Å². The molecule has 0 heterocycles. The summed E-state index contributed by atoms with van der Waals surface area (Å²) < 4.78 is 4.75. The molecule has 2 nitrogen and oxygen atoms in total. The summed E-state index contributed by atoms with van der Waals surface area (Å²) in [7, 11) is 0. The van der Waals surface area contributed by atoms with Gasteiger partial charge in [0.1, 0.15) is 0 Å². The lowest BCUT2D eigenvalue weighted by Crippen LogP contribution is -2.02. The minimum atomic E-state index is -0.0738. The minimum absolute atomic E-state index is 0.0738. The first-order chi connectivity index (χ1) is 4.83.